The molecule has 1 atom stereocenters. The average Bonchev–Trinajstić information content (AvgIpc) is 2.96. The molecule has 1 heterocycles. The van der Waals surface area contributed by atoms with Crippen molar-refractivity contribution in [1.29, 1.82) is 5.26 Å². The Balaban J connectivity index is 2.10. The van der Waals surface area contributed by atoms with Gasteiger partial charge in [0.2, 0.25) is 0 Å². The fourth-order valence-corrected chi connectivity index (χ4v) is 4.53. The van der Waals surface area contributed by atoms with Crippen molar-refractivity contribution in [2.24, 2.45) is 5.73 Å². The standard InChI is InChI=1S/C29H25N3O5/c1-35-23-16-10-8-14-20(23)19-13-7-9-15-22(19)32-26(29(34)37-3)25(28(33)36-2)24(21(17-30)27(32)31)18-11-5-4-6-12-18/h4-16,24H,31H2,1-3H3. The summed E-state index contributed by atoms with van der Waals surface area (Å²) in [4.78, 5) is 28.0. The van der Waals surface area contributed by atoms with E-state index in [-0.39, 0.29) is 22.7 Å². The Morgan fingerprint density at radius 3 is 2.05 bits per heavy atom. The molecular formula is C29H25N3O5. The van der Waals surface area contributed by atoms with E-state index in [1.54, 1.807) is 43.5 Å². The third-order valence-electron chi connectivity index (χ3n) is 6.15. The Hall–Kier alpha value is -5.03. The van der Waals surface area contributed by atoms with Crippen LogP contribution in [-0.2, 0) is 19.1 Å². The topological polar surface area (TPSA) is 115 Å². The lowest BCUT2D eigenvalue weighted by atomic mass is 9.80. The lowest BCUT2D eigenvalue weighted by Gasteiger charge is -2.36. The lowest BCUT2D eigenvalue weighted by molar-refractivity contribution is -0.139. The van der Waals surface area contributed by atoms with Crippen LogP contribution < -0.4 is 15.4 Å². The third-order valence-corrected chi connectivity index (χ3v) is 6.15. The van der Waals surface area contributed by atoms with E-state index in [2.05, 4.69) is 6.07 Å². The Labute approximate surface area is 214 Å². The molecule has 0 fully saturated rings. The lowest BCUT2D eigenvalue weighted by Crippen LogP contribution is -2.41. The average molecular weight is 496 g/mol. The number of anilines is 1. The molecule has 3 aromatic rings. The molecule has 1 aliphatic rings. The number of ether oxygens (including phenoxy) is 3. The number of allylic oxidation sites excluding steroid dienone is 1. The van der Waals surface area contributed by atoms with Crippen molar-refractivity contribution in [2.45, 2.75) is 5.92 Å². The highest BCUT2D eigenvalue weighted by molar-refractivity contribution is 6.07. The summed E-state index contributed by atoms with van der Waals surface area (Å²) >= 11 is 0. The van der Waals surface area contributed by atoms with Gasteiger partial charge in [0, 0.05) is 11.1 Å². The highest BCUT2D eigenvalue weighted by Crippen LogP contribution is 2.46. The monoisotopic (exact) mass is 495 g/mol. The Bertz CT molecular complexity index is 1450. The molecule has 0 spiro atoms. The van der Waals surface area contributed by atoms with Crippen molar-refractivity contribution in [2.75, 3.05) is 26.2 Å². The zero-order chi connectivity index (χ0) is 26.5. The summed E-state index contributed by atoms with van der Waals surface area (Å²) in [6.45, 7) is 0. The van der Waals surface area contributed by atoms with Gasteiger partial charge in [0.1, 0.15) is 17.3 Å². The minimum Gasteiger partial charge on any atom is -0.496 e. The van der Waals surface area contributed by atoms with Crippen LogP contribution in [-0.4, -0.2) is 33.3 Å². The second kappa shape index (κ2) is 10.7. The quantitative estimate of drug-likeness (QED) is 0.505. The number of nitriles is 1. The summed E-state index contributed by atoms with van der Waals surface area (Å²) in [5.74, 6) is -1.95. The summed E-state index contributed by atoms with van der Waals surface area (Å²) in [6, 6.07) is 25.6. The molecule has 0 bridgehead atoms. The first kappa shape index (κ1) is 25.1. The van der Waals surface area contributed by atoms with Crippen molar-refractivity contribution >= 4 is 17.6 Å². The molecule has 2 N–H and O–H groups in total. The number of carbonyl (C=O) groups excluding carboxylic acids is 2. The van der Waals surface area contributed by atoms with Gasteiger partial charge in [-0.2, -0.15) is 5.26 Å². The molecule has 4 rings (SSSR count). The van der Waals surface area contributed by atoms with Gasteiger partial charge in [-0.1, -0.05) is 66.7 Å². The van der Waals surface area contributed by atoms with Gasteiger partial charge in [0.15, 0.2) is 0 Å². The molecule has 0 amide bonds. The molecule has 1 unspecified atom stereocenters. The Morgan fingerprint density at radius 2 is 1.43 bits per heavy atom. The van der Waals surface area contributed by atoms with Gasteiger partial charge in [-0.05, 0) is 17.7 Å². The first-order chi connectivity index (χ1) is 18.0. The van der Waals surface area contributed by atoms with Crippen molar-refractivity contribution in [1.82, 2.24) is 0 Å². The third kappa shape index (κ3) is 4.39. The van der Waals surface area contributed by atoms with Gasteiger partial charge in [0.05, 0.1) is 50.2 Å². The van der Waals surface area contributed by atoms with Crippen LogP contribution in [0.15, 0.2) is 102 Å². The predicted molar refractivity (Wildman–Crippen MR) is 138 cm³/mol. The number of methoxy groups -OCH3 is 3. The maximum Gasteiger partial charge on any atom is 0.355 e. The minimum atomic E-state index is -0.942. The number of hydrogen-bond donors (Lipinski definition) is 1. The molecule has 0 radical (unpaired) electrons. The molecule has 0 aliphatic carbocycles. The highest BCUT2D eigenvalue weighted by Gasteiger charge is 2.43. The number of nitrogens with zero attached hydrogens (tertiary/aromatic N) is 2. The van der Waals surface area contributed by atoms with Crippen LogP contribution >= 0.6 is 0 Å². The molecule has 8 heteroatoms. The van der Waals surface area contributed by atoms with Crippen LogP contribution in [0.1, 0.15) is 11.5 Å². The largest absolute Gasteiger partial charge is 0.496 e. The zero-order valence-corrected chi connectivity index (χ0v) is 20.6. The van der Waals surface area contributed by atoms with E-state index in [1.807, 2.05) is 42.5 Å². The van der Waals surface area contributed by atoms with Gasteiger partial charge < -0.3 is 19.9 Å². The molecule has 37 heavy (non-hydrogen) atoms. The van der Waals surface area contributed by atoms with Crippen LogP contribution in [0, 0.1) is 11.3 Å². The van der Waals surface area contributed by atoms with Crippen LogP contribution in [0.4, 0.5) is 5.69 Å². The fourth-order valence-electron chi connectivity index (χ4n) is 4.53. The van der Waals surface area contributed by atoms with Crippen LogP contribution in [0.5, 0.6) is 5.75 Å². The Morgan fingerprint density at radius 1 is 0.838 bits per heavy atom. The number of esters is 2. The number of carbonyl (C=O) groups is 2. The second-order valence-electron chi connectivity index (χ2n) is 8.05. The molecule has 0 saturated heterocycles. The zero-order valence-electron chi connectivity index (χ0n) is 20.6. The molecule has 0 aromatic heterocycles. The maximum absolute atomic E-state index is 13.4. The smallest absolute Gasteiger partial charge is 0.355 e. The SMILES string of the molecule is COC(=O)C1=C(C(=O)OC)N(c2ccccc2-c2ccccc2OC)C(N)=C(C#N)C1c1ccccc1. The van der Waals surface area contributed by atoms with Crippen molar-refractivity contribution in [3.05, 3.63) is 107 Å². The molecule has 3 aromatic carbocycles. The number of benzene rings is 3. The van der Waals surface area contributed by atoms with E-state index in [1.165, 1.54) is 19.1 Å². The molecular weight excluding hydrogens is 470 g/mol. The van der Waals surface area contributed by atoms with Crippen LogP contribution in [0.25, 0.3) is 11.1 Å². The minimum absolute atomic E-state index is 0.00764. The van der Waals surface area contributed by atoms with Crippen molar-refractivity contribution in [3.63, 3.8) is 0 Å². The van der Waals surface area contributed by atoms with Gasteiger partial charge in [0.25, 0.3) is 0 Å². The van der Waals surface area contributed by atoms with Gasteiger partial charge in [-0.3, -0.25) is 4.90 Å². The van der Waals surface area contributed by atoms with Crippen molar-refractivity contribution < 1.29 is 23.8 Å². The van der Waals surface area contributed by atoms with E-state index in [0.717, 1.165) is 5.56 Å². The van der Waals surface area contributed by atoms with E-state index < -0.39 is 17.9 Å². The van der Waals surface area contributed by atoms with E-state index in [9.17, 15) is 14.9 Å². The van der Waals surface area contributed by atoms with Crippen LogP contribution in [0.2, 0.25) is 0 Å². The number of hydrogen-bond acceptors (Lipinski definition) is 8. The summed E-state index contributed by atoms with van der Waals surface area (Å²) in [5, 5.41) is 10.3. The van der Waals surface area contributed by atoms with Crippen LogP contribution in [0.3, 0.4) is 0 Å². The molecule has 8 nitrogen and oxygen atoms in total. The number of nitrogens with two attached hydrogens (primary N) is 1. The summed E-state index contributed by atoms with van der Waals surface area (Å²) in [6.07, 6.45) is 0. The summed E-state index contributed by atoms with van der Waals surface area (Å²) in [5.41, 5.74) is 8.98. The predicted octanol–water partition coefficient (Wildman–Crippen LogP) is 4.26. The first-order valence-corrected chi connectivity index (χ1v) is 11.4. The first-order valence-electron chi connectivity index (χ1n) is 11.4. The Kier molecular flexibility index (Phi) is 7.26. The van der Waals surface area contributed by atoms with Crippen molar-refractivity contribution in [3.8, 4) is 22.9 Å². The van der Waals surface area contributed by atoms with Gasteiger partial charge >= 0.3 is 11.9 Å². The van der Waals surface area contributed by atoms with E-state index in [4.69, 9.17) is 19.9 Å². The molecule has 1 aliphatic heterocycles. The fraction of sp³-hybridized carbons (Fsp3) is 0.138. The number of para-hydroxylation sites is 2. The van der Waals surface area contributed by atoms with Gasteiger partial charge in [-0.25, -0.2) is 9.59 Å². The number of rotatable bonds is 6. The van der Waals surface area contributed by atoms with E-state index >= 15 is 0 Å². The second-order valence-corrected chi connectivity index (χ2v) is 8.05. The molecule has 186 valence electrons. The van der Waals surface area contributed by atoms with Gasteiger partial charge in [-0.15, -0.1) is 0 Å². The van der Waals surface area contributed by atoms with E-state index in [0.29, 0.717) is 22.6 Å². The normalized spacial score (nSPS) is 15.2. The molecule has 0 saturated carbocycles. The summed E-state index contributed by atoms with van der Waals surface area (Å²) < 4.78 is 15.8. The maximum atomic E-state index is 13.4. The highest BCUT2D eigenvalue weighted by atomic mass is 16.5. The summed E-state index contributed by atoms with van der Waals surface area (Å²) in [7, 11) is 3.99.